The first-order valence-corrected chi connectivity index (χ1v) is 3.54. The number of rotatable bonds is 2. The van der Waals surface area contributed by atoms with Crippen LogP contribution in [0.25, 0.3) is 0 Å². The van der Waals surface area contributed by atoms with E-state index in [-0.39, 0.29) is 6.04 Å². The number of aryl methyl sites for hydroxylation is 1. The number of nitrogens with two attached hydrogens (primary N) is 1. The molecule has 1 unspecified atom stereocenters. The molecule has 0 fully saturated rings. The second kappa shape index (κ2) is 2.88. The monoisotopic (exact) mass is 139 g/mol. The maximum Gasteiger partial charge on any atom is 0.0953 e. The van der Waals surface area contributed by atoms with Crippen molar-refractivity contribution in [1.29, 1.82) is 0 Å². The van der Waals surface area contributed by atoms with Crippen LogP contribution in [-0.4, -0.2) is 0 Å². The first-order chi connectivity index (χ1) is 4.75. The minimum atomic E-state index is 0.138. The lowest BCUT2D eigenvalue weighted by molar-refractivity contribution is 0.556. The molecule has 0 radical (unpaired) electrons. The summed E-state index contributed by atoms with van der Waals surface area (Å²) >= 11 is 0. The van der Waals surface area contributed by atoms with E-state index in [1.807, 2.05) is 6.92 Å². The van der Waals surface area contributed by atoms with Gasteiger partial charge in [0.2, 0.25) is 0 Å². The largest absolute Gasteiger partial charge is 0.472 e. The van der Waals surface area contributed by atoms with Crippen molar-refractivity contribution < 1.29 is 4.42 Å². The van der Waals surface area contributed by atoms with Gasteiger partial charge < -0.3 is 10.2 Å². The molecule has 56 valence electrons. The Kier molecular flexibility index (Phi) is 2.12. The Balaban J connectivity index is 2.82. The van der Waals surface area contributed by atoms with Crippen LogP contribution in [0, 0.1) is 6.92 Å². The van der Waals surface area contributed by atoms with Crippen LogP contribution >= 0.6 is 0 Å². The van der Waals surface area contributed by atoms with Crippen LogP contribution in [-0.2, 0) is 0 Å². The van der Waals surface area contributed by atoms with Crippen LogP contribution in [0.15, 0.2) is 16.9 Å². The fraction of sp³-hybridized carbons (Fsp3) is 0.500. The summed E-state index contributed by atoms with van der Waals surface area (Å²) < 4.78 is 4.99. The smallest absolute Gasteiger partial charge is 0.0953 e. The molecular weight excluding hydrogens is 126 g/mol. The van der Waals surface area contributed by atoms with Gasteiger partial charge in [-0.25, -0.2) is 0 Å². The van der Waals surface area contributed by atoms with Crippen LogP contribution in [0.3, 0.4) is 0 Å². The van der Waals surface area contributed by atoms with Crippen molar-refractivity contribution >= 4 is 0 Å². The molecule has 1 atom stereocenters. The molecule has 0 aliphatic rings. The number of hydrogen-bond donors (Lipinski definition) is 1. The maximum atomic E-state index is 5.78. The van der Waals surface area contributed by atoms with Gasteiger partial charge >= 0.3 is 0 Å². The van der Waals surface area contributed by atoms with Crippen molar-refractivity contribution in [3.8, 4) is 0 Å². The average Bonchev–Trinajstić information content (AvgIpc) is 2.34. The Morgan fingerprint density at radius 2 is 2.30 bits per heavy atom. The zero-order chi connectivity index (χ0) is 7.56. The van der Waals surface area contributed by atoms with Gasteiger partial charge in [0, 0.05) is 11.6 Å². The molecule has 2 heteroatoms. The lowest BCUT2D eigenvalue weighted by Crippen LogP contribution is -2.08. The lowest BCUT2D eigenvalue weighted by Gasteiger charge is -2.05. The van der Waals surface area contributed by atoms with E-state index >= 15 is 0 Å². The van der Waals surface area contributed by atoms with Crippen molar-refractivity contribution in [2.45, 2.75) is 26.3 Å². The van der Waals surface area contributed by atoms with Crippen molar-refractivity contribution in [2.24, 2.45) is 5.73 Å². The molecule has 0 bridgehead atoms. The molecule has 10 heavy (non-hydrogen) atoms. The van der Waals surface area contributed by atoms with Gasteiger partial charge in [-0.3, -0.25) is 0 Å². The molecule has 2 nitrogen and oxygen atoms in total. The van der Waals surface area contributed by atoms with E-state index in [0.717, 1.165) is 17.5 Å². The van der Waals surface area contributed by atoms with E-state index in [1.54, 1.807) is 12.5 Å². The molecule has 2 N–H and O–H groups in total. The number of furan rings is 1. The van der Waals surface area contributed by atoms with E-state index < -0.39 is 0 Å². The van der Waals surface area contributed by atoms with Gasteiger partial charge in [0.1, 0.15) is 0 Å². The minimum Gasteiger partial charge on any atom is -0.472 e. The Bertz CT molecular complexity index is 205. The molecule has 1 aromatic rings. The molecule has 1 aromatic heterocycles. The van der Waals surface area contributed by atoms with Gasteiger partial charge in [-0.2, -0.15) is 0 Å². The molecule has 0 aliphatic carbocycles. The van der Waals surface area contributed by atoms with E-state index in [1.165, 1.54) is 0 Å². The molecular formula is C8H13NO. The van der Waals surface area contributed by atoms with Gasteiger partial charge in [0.05, 0.1) is 12.5 Å². The van der Waals surface area contributed by atoms with E-state index in [2.05, 4.69) is 6.92 Å². The van der Waals surface area contributed by atoms with Gasteiger partial charge in [-0.05, 0) is 18.9 Å². The highest BCUT2D eigenvalue weighted by Gasteiger charge is 2.07. The highest BCUT2D eigenvalue weighted by Crippen LogP contribution is 2.18. The maximum absolute atomic E-state index is 5.78. The second-order valence-electron chi connectivity index (χ2n) is 2.52. The van der Waals surface area contributed by atoms with Crippen molar-refractivity contribution in [2.75, 3.05) is 0 Å². The van der Waals surface area contributed by atoms with Crippen LogP contribution in [0.5, 0.6) is 0 Å². The third-order valence-electron chi connectivity index (χ3n) is 1.73. The second-order valence-corrected chi connectivity index (χ2v) is 2.52. The van der Waals surface area contributed by atoms with Gasteiger partial charge in [0.25, 0.3) is 0 Å². The van der Waals surface area contributed by atoms with Gasteiger partial charge in [-0.15, -0.1) is 0 Å². The Morgan fingerprint density at radius 3 is 2.70 bits per heavy atom. The summed E-state index contributed by atoms with van der Waals surface area (Å²) in [6.07, 6.45) is 4.41. The molecule has 0 aromatic carbocycles. The van der Waals surface area contributed by atoms with E-state index in [9.17, 15) is 0 Å². The van der Waals surface area contributed by atoms with Crippen LogP contribution < -0.4 is 5.73 Å². The van der Waals surface area contributed by atoms with E-state index in [0.29, 0.717) is 0 Å². The van der Waals surface area contributed by atoms with Crippen molar-refractivity contribution in [1.82, 2.24) is 0 Å². The summed E-state index contributed by atoms with van der Waals surface area (Å²) in [5.41, 5.74) is 8.05. The standard InChI is InChI=1S/C8H13NO/c1-3-8(9)7-5-10-4-6(7)2/h4-5,8H,3,9H2,1-2H3. The molecule has 0 spiro atoms. The highest BCUT2D eigenvalue weighted by atomic mass is 16.3. The molecule has 0 saturated heterocycles. The first kappa shape index (κ1) is 7.35. The predicted molar refractivity (Wildman–Crippen MR) is 40.7 cm³/mol. The minimum absolute atomic E-state index is 0.138. The summed E-state index contributed by atoms with van der Waals surface area (Å²) in [6.45, 7) is 4.07. The molecule has 0 aliphatic heterocycles. The fourth-order valence-electron chi connectivity index (χ4n) is 0.970. The van der Waals surface area contributed by atoms with E-state index in [4.69, 9.17) is 10.2 Å². The topological polar surface area (TPSA) is 39.2 Å². The van der Waals surface area contributed by atoms with Gasteiger partial charge in [0.15, 0.2) is 0 Å². The van der Waals surface area contributed by atoms with Crippen molar-refractivity contribution in [3.05, 3.63) is 23.7 Å². The van der Waals surface area contributed by atoms with Crippen LogP contribution in [0.1, 0.15) is 30.5 Å². The molecule has 1 heterocycles. The molecule has 0 amide bonds. The quantitative estimate of drug-likeness (QED) is 0.680. The van der Waals surface area contributed by atoms with Crippen molar-refractivity contribution in [3.63, 3.8) is 0 Å². The Labute approximate surface area is 61.0 Å². The summed E-state index contributed by atoms with van der Waals surface area (Å²) in [4.78, 5) is 0. The summed E-state index contributed by atoms with van der Waals surface area (Å²) in [5, 5.41) is 0. The fourth-order valence-corrected chi connectivity index (χ4v) is 0.970. The third kappa shape index (κ3) is 1.21. The summed E-state index contributed by atoms with van der Waals surface area (Å²) in [5.74, 6) is 0. The third-order valence-corrected chi connectivity index (χ3v) is 1.73. The highest BCUT2D eigenvalue weighted by molar-refractivity contribution is 5.22. The molecule has 0 saturated carbocycles. The molecule has 1 rings (SSSR count). The lowest BCUT2D eigenvalue weighted by atomic mass is 10.1. The van der Waals surface area contributed by atoms with Gasteiger partial charge in [-0.1, -0.05) is 6.92 Å². The Morgan fingerprint density at radius 1 is 1.60 bits per heavy atom. The van der Waals surface area contributed by atoms with Crippen LogP contribution in [0.4, 0.5) is 0 Å². The Hall–Kier alpha value is -0.760. The summed E-state index contributed by atoms with van der Waals surface area (Å²) in [7, 11) is 0. The zero-order valence-electron chi connectivity index (χ0n) is 6.42. The average molecular weight is 139 g/mol. The normalized spacial score (nSPS) is 13.5. The number of hydrogen-bond acceptors (Lipinski definition) is 2. The predicted octanol–water partition coefficient (Wildman–Crippen LogP) is 2.00. The SMILES string of the molecule is CCC(N)c1cocc1C. The summed E-state index contributed by atoms with van der Waals surface area (Å²) in [6, 6.07) is 0.138. The van der Waals surface area contributed by atoms with Crippen LogP contribution in [0.2, 0.25) is 0 Å². The first-order valence-electron chi connectivity index (χ1n) is 3.54. The zero-order valence-corrected chi connectivity index (χ0v) is 6.42.